The molecule has 0 aromatic carbocycles. The van der Waals surface area contributed by atoms with Crippen molar-refractivity contribution in [2.24, 2.45) is 0 Å². The van der Waals surface area contributed by atoms with Gasteiger partial charge in [-0.3, -0.25) is 9.69 Å². The number of anilines is 2. The molecular formula is C16H21N9OS. The van der Waals surface area contributed by atoms with Gasteiger partial charge in [0.15, 0.2) is 5.82 Å². The van der Waals surface area contributed by atoms with Gasteiger partial charge in [-0.05, 0) is 19.9 Å². The number of Topliss-reactive ketones (excluding diaryl/α,β-unsaturated/α-hetero) is 1. The quantitative estimate of drug-likeness (QED) is 0.659. The Hall–Kier alpha value is -2.66. The van der Waals surface area contributed by atoms with E-state index in [1.54, 1.807) is 17.6 Å². The molecule has 3 aromatic heterocycles. The van der Waals surface area contributed by atoms with Crippen LogP contribution in [-0.2, 0) is 4.79 Å². The minimum absolute atomic E-state index is 0.0742. The highest BCUT2D eigenvalue weighted by atomic mass is 32.1. The van der Waals surface area contributed by atoms with Crippen LogP contribution < -0.4 is 10.2 Å². The molecule has 27 heavy (non-hydrogen) atoms. The largest absolute Gasteiger partial charge is 0.353 e. The summed E-state index contributed by atoms with van der Waals surface area (Å²) in [5.41, 5.74) is 0. The molecule has 1 atom stereocenters. The summed E-state index contributed by atoms with van der Waals surface area (Å²) >= 11 is 1.48. The molecule has 0 aliphatic carbocycles. The van der Waals surface area contributed by atoms with Gasteiger partial charge in [-0.15, -0.1) is 15.3 Å². The van der Waals surface area contributed by atoms with Crippen LogP contribution in [0.4, 0.5) is 10.3 Å². The summed E-state index contributed by atoms with van der Waals surface area (Å²) in [5, 5.41) is 17.4. The molecule has 3 aromatic rings. The van der Waals surface area contributed by atoms with Crippen molar-refractivity contribution < 1.29 is 4.79 Å². The van der Waals surface area contributed by atoms with Crippen molar-refractivity contribution in [3.05, 3.63) is 24.3 Å². The Morgan fingerprint density at radius 1 is 1.30 bits per heavy atom. The van der Waals surface area contributed by atoms with E-state index in [4.69, 9.17) is 0 Å². The number of hydrogen-bond donors (Lipinski definition) is 1. The first-order valence-electron chi connectivity index (χ1n) is 8.83. The average Bonchev–Trinajstić information content (AvgIpc) is 3.33. The normalized spacial score (nSPS) is 16.6. The van der Waals surface area contributed by atoms with Crippen molar-refractivity contribution in [2.75, 3.05) is 42.9 Å². The molecule has 1 unspecified atom stereocenters. The van der Waals surface area contributed by atoms with Crippen LogP contribution in [0, 0.1) is 0 Å². The highest BCUT2D eigenvalue weighted by Gasteiger charge is 2.26. The lowest BCUT2D eigenvalue weighted by atomic mass is 10.2. The molecule has 1 aliphatic heterocycles. The third-order valence-corrected chi connectivity index (χ3v) is 5.48. The summed E-state index contributed by atoms with van der Waals surface area (Å²) in [6.07, 6.45) is 3.58. The van der Waals surface area contributed by atoms with Gasteiger partial charge < -0.3 is 10.2 Å². The predicted molar refractivity (Wildman–Crippen MR) is 102 cm³/mol. The zero-order valence-electron chi connectivity index (χ0n) is 15.2. The van der Waals surface area contributed by atoms with Crippen LogP contribution in [0.2, 0.25) is 0 Å². The van der Waals surface area contributed by atoms with E-state index in [0.29, 0.717) is 10.9 Å². The monoisotopic (exact) mass is 387 g/mol. The number of nitrogens with one attached hydrogen (secondary N) is 1. The number of hydrogen-bond acceptors (Lipinski definition) is 10. The van der Waals surface area contributed by atoms with Crippen molar-refractivity contribution in [3.63, 3.8) is 0 Å². The number of carbonyl (C=O) groups excluding carboxylic acids is 1. The Morgan fingerprint density at radius 3 is 2.85 bits per heavy atom. The minimum Gasteiger partial charge on any atom is -0.353 e. The molecule has 0 bridgehead atoms. The molecule has 0 radical (unpaired) electrons. The SMILES string of the molecule is CC(=O)CNc1nnc(N2CCN(C(C)c3nc4ncccn4n3)CC2)s1. The van der Waals surface area contributed by atoms with Gasteiger partial charge in [-0.1, -0.05) is 11.3 Å². The van der Waals surface area contributed by atoms with Crippen LogP contribution in [0.25, 0.3) is 5.78 Å². The maximum absolute atomic E-state index is 11.1. The van der Waals surface area contributed by atoms with E-state index >= 15 is 0 Å². The zero-order valence-corrected chi connectivity index (χ0v) is 16.1. The molecule has 4 rings (SSSR count). The summed E-state index contributed by atoms with van der Waals surface area (Å²) in [7, 11) is 0. The van der Waals surface area contributed by atoms with Gasteiger partial charge in [0.2, 0.25) is 10.3 Å². The Labute approximate surface area is 160 Å². The van der Waals surface area contributed by atoms with Crippen molar-refractivity contribution in [3.8, 4) is 0 Å². The maximum atomic E-state index is 11.1. The van der Waals surface area contributed by atoms with Crippen LogP contribution >= 0.6 is 11.3 Å². The Balaban J connectivity index is 1.36. The summed E-state index contributed by atoms with van der Waals surface area (Å²) in [4.78, 5) is 24.4. The van der Waals surface area contributed by atoms with Gasteiger partial charge in [0.25, 0.3) is 5.78 Å². The molecule has 0 amide bonds. The van der Waals surface area contributed by atoms with Crippen LogP contribution in [-0.4, -0.2) is 73.2 Å². The molecular weight excluding hydrogens is 366 g/mol. The van der Waals surface area contributed by atoms with Crippen LogP contribution in [0.5, 0.6) is 0 Å². The van der Waals surface area contributed by atoms with Crippen molar-refractivity contribution >= 4 is 33.2 Å². The zero-order chi connectivity index (χ0) is 18.8. The first kappa shape index (κ1) is 17.7. The Morgan fingerprint density at radius 2 is 2.11 bits per heavy atom. The van der Waals surface area contributed by atoms with Gasteiger partial charge in [-0.25, -0.2) is 9.50 Å². The standard InChI is InChI=1S/C16H21N9OS/c1-11(26)10-18-15-20-21-16(27-15)24-8-6-23(7-9-24)12(2)13-19-14-17-4-3-5-25(14)22-13/h3-5,12H,6-10H2,1-2H3,(H,18,20). The molecule has 1 fully saturated rings. The van der Waals surface area contributed by atoms with Gasteiger partial charge in [0.1, 0.15) is 5.78 Å². The molecule has 0 spiro atoms. The highest BCUT2D eigenvalue weighted by Crippen LogP contribution is 2.26. The molecule has 10 nitrogen and oxygen atoms in total. The van der Waals surface area contributed by atoms with E-state index in [1.165, 1.54) is 11.3 Å². The van der Waals surface area contributed by atoms with Crippen LogP contribution in [0.1, 0.15) is 25.7 Å². The summed E-state index contributed by atoms with van der Waals surface area (Å²) in [5.74, 6) is 1.48. The van der Waals surface area contributed by atoms with E-state index in [0.717, 1.165) is 37.1 Å². The number of nitrogens with zero attached hydrogens (tertiary/aromatic N) is 8. The number of fused-ring (bicyclic) bond motifs is 1. The fourth-order valence-electron chi connectivity index (χ4n) is 3.00. The van der Waals surface area contributed by atoms with Crippen molar-refractivity contribution in [1.29, 1.82) is 0 Å². The topological polar surface area (TPSA) is 104 Å². The molecule has 1 N–H and O–H groups in total. The predicted octanol–water partition coefficient (Wildman–Crippen LogP) is 0.860. The molecule has 0 saturated carbocycles. The molecule has 1 saturated heterocycles. The van der Waals surface area contributed by atoms with Gasteiger partial charge in [-0.2, -0.15) is 4.98 Å². The number of ketones is 1. The number of carbonyl (C=O) groups is 1. The fourth-order valence-corrected chi connectivity index (χ4v) is 3.80. The van der Waals surface area contributed by atoms with Gasteiger partial charge in [0, 0.05) is 38.6 Å². The van der Waals surface area contributed by atoms with Gasteiger partial charge >= 0.3 is 0 Å². The van der Waals surface area contributed by atoms with E-state index in [9.17, 15) is 4.79 Å². The Bertz CT molecular complexity index is 898. The van der Waals surface area contributed by atoms with E-state index in [-0.39, 0.29) is 18.4 Å². The number of rotatable bonds is 6. The number of piperazine rings is 1. The second-order valence-corrected chi connectivity index (χ2v) is 7.43. The Kier molecular flexibility index (Phi) is 4.94. The molecule has 4 heterocycles. The lowest BCUT2D eigenvalue weighted by Crippen LogP contribution is -2.47. The summed E-state index contributed by atoms with van der Waals surface area (Å²) < 4.78 is 1.71. The van der Waals surface area contributed by atoms with Crippen LogP contribution in [0.15, 0.2) is 18.5 Å². The lowest BCUT2D eigenvalue weighted by Gasteiger charge is -2.36. The fraction of sp³-hybridized carbons (Fsp3) is 0.500. The van der Waals surface area contributed by atoms with E-state index in [2.05, 4.69) is 47.3 Å². The second-order valence-electron chi connectivity index (χ2n) is 6.48. The van der Waals surface area contributed by atoms with Crippen LogP contribution in [0.3, 0.4) is 0 Å². The van der Waals surface area contributed by atoms with E-state index in [1.807, 2.05) is 12.3 Å². The highest BCUT2D eigenvalue weighted by molar-refractivity contribution is 7.19. The summed E-state index contributed by atoms with van der Waals surface area (Å²) in [6, 6.07) is 1.97. The third kappa shape index (κ3) is 3.88. The number of aromatic nitrogens is 6. The maximum Gasteiger partial charge on any atom is 0.252 e. The van der Waals surface area contributed by atoms with Crippen molar-refractivity contribution in [1.82, 2.24) is 34.7 Å². The van der Waals surface area contributed by atoms with E-state index < -0.39 is 0 Å². The molecule has 1 aliphatic rings. The average molecular weight is 387 g/mol. The van der Waals surface area contributed by atoms with Crippen molar-refractivity contribution in [2.45, 2.75) is 19.9 Å². The lowest BCUT2D eigenvalue weighted by molar-refractivity contribution is -0.115. The second kappa shape index (κ2) is 7.53. The summed E-state index contributed by atoms with van der Waals surface area (Å²) in [6.45, 7) is 7.44. The van der Waals surface area contributed by atoms with Gasteiger partial charge in [0.05, 0.1) is 12.6 Å². The minimum atomic E-state index is 0.0742. The smallest absolute Gasteiger partial charge is 0.252 e. The third-order valence-electron chi connectivity index (χ3n) is 4.54. The first-order chi connectivity index (χ1) is 13.1. The molecule has 11 heteroatoms. The molecule has 142 valence electrons. The first-order valence-corrected chi connectivity index (χ1v) is 9.65.